The van der Waals surface area contributed by atoms with E-state index in [1.165, 1.54) is 4.90 Å². The number of hydrogen-bond donors (Lipinski definition) is 0. The van der Waals surface area contributed by atoms with Gasteiger partial charge in [0.2, 0.25) is 0 Å². The van der Waals surface area contributed by atoms with Crippen LogP contribution in [0.5, 0.6) is 5.75 Å². The van der Waals surface area contributed by atoms with Gasteiger partial charge in [-0.1, -0.05) is 19.1 Å². The number of nitrogens with zero attached hydrogens (tertiary/aromatic N) is 3. The minimum Gasteiger partial charge on any atom is -0.465 e. The maximum Gasteiger partial charge on any atom is 0.415 e. The predicted molar refractivity (Wildman–Crippen MR) is 131 cm³/mol. The Labute approximate surface area is 204 Å². The normalized spacial score (nSPS) is 10.6. The number of ether oxygens (including phenoxy) is 2. The fourth-order valence-electron chi connectivity index (χ4n) is 3.83. The van der Waals surface area contributed by atoms with Gasteiger partial charge in [-0.05, 0) is 55.7 Å². The predicted octanol–water partition coefficient (Wildman–Crippen LogP) is 4.64. The molecule has 0 bridgehead atoms. The van der Waals surface area contributed by atoms with E-state index in [9.17, 15) is 14.4 Å². The third-order valence-corrected chi connectivity index (χ3v) is 5.57. The highest BCUT2D eigenvalue weighted by Crippen LogP contribution is 2.27. The van der Waals surface area contributed by atoms with E-state index in [0.717, 1.165) is 11.1 Å². The van der Waals surface area contributed by atoms with Crippen molar-refractivity contribution in [2.24, 2.45) is 7.05 Å². The first-order valence-corrected chi connectivity index (χ1v) is 11.6. The molecule has 0 unspecified atom stereocenters. The van der Waals surface area contributed by atoms with Gasteiger partial charge < -0.3 is 14.0 Å². The Morgan fingerprint density at radius 1 is 1.09 bits per heavy atom. The standard InChI is InChI=1S/C27H29N3O5/c1-4-14-30(18-26(32)34-5-2)27(33)35-21-11-12-24-22(15-21)23(17-29(24)3)25(31)13-10-19-6-8-20(16-28)9-7-19/h6-9,11-12,15,17H,4-5,10,13-14,18H2,1-3H3. The number of Topliss-reactive ketones (excluding diaryl/α,β-unsaturated/α-hetero) is 1. The van der Waals surface area contributed by atoms with Crippen molar-refractivity contribution >= 4 is 28.7 Å². The number of carbonyl (C=O) groups is 3. The number of carbonyl (C=O) groups excluding carboxylic acids is 3. The highest BCUT2D eigenvalue weighted by Gasteiger charge is 2.21. The van der Waals surface area contributed by atoms with Crippen LogP contribution >= 0.6 is 0 Å². The molecule has 1 aromatic heterocycles. The van der Waals surface area contributed by atoms with Crippen LogP contribution in [0.4, 0.5) is 4.79 Å². The quantitative estimate of drug-likeness (QED) is 0.313. The van der Waals surface area contributed by atoms with Crippen molar-refractivity contribution in [1.29, 1.82) is 5.26 Å². The number of ketones is 1. The van der Waals surface area contributed by atoms with Crippen LogP contribution in [-0.4, -0.2) is 47.0 Å². The van der Waals surface area contributed by atoms with E-state index in [4.69, 9.17) is 14.7 Å². The molecule has 0 saturated heterocycles. The molecule has 2 aromatic carbocycles. The van der Waals surface area contributed by atoms with Crippen LogP contribution in [0.15, 0.2) is 48.7 Å². The monoisotopic (exact) mass is 475 g/mol. The van der Waals surface area contributed by atoms with E-state index < -0.39 is 12.1 Å². The van der Waals surface area contributed by atoms with Gasteiger partial charge in [0.1, 0.15) is 12.3 Å². The minimum atomic E-state index is -0.649. The Balaban J connectivity index is 1.76. The van der Waals surface area contributed by atoms with Crippen molar-refractivity contribution in [2.75, 3.05) is 19.7 Å². The van der Waals surface area contributed by atoms with Gasteiger partial charge in [-0.25, -0.2) is 4.79 Å². The lowest BCUT2D eigenvalue weighted by atomic mass is 10.0. The summed E-state index contributed by atoms with van der Waals surface area (Å²) >= 11 is 0. The van der Waals surface area contributed by atoms with E-state index in [-0.39, 0.29) is 18.9 Å². The third-order valence-electron chi connectivity index (χ3n) is 5.57. The van der Waals surface area contributed by atoms with Gasteiger partial charge in [-0.2, -0.15) is 5.26 Å². The smallest absolute Gasteiger partial charge is 0.415 e. The maximum absolute atomic E-state index is 13.0. The van der Waals surface area contributed by atoms with E-state index in [1.807, 2.05) is 30.7 Å². The summed E-state index contributed by atoms with van der Waals surface area (Å²) in [4.78, 5) is 38.9. The first kappa shape index (κ1) is 25.5. The molecule has 1 amide bonds. The minimum absolute atomic E-state index is 0.0293. The Morgan fingerprint density at radius 3 is 2.49 bits per heavy atom. The highest BCUT2D eigenvalue weighted by atomic mass is 16.6. The molecule has 8 heteroatoms. The maximum atomic E-state index is 13.0. The van der Waals surface area contributed by atoms with Gasteiger partial charge in [0, 0.05) is 42.7 Å². The molecule has 182 valence electrons. The Hall–Kier alpha value is -4.12. The first-order chi connectivity index (χ1) is 16.9. The molecule has 3 rings (SSSR count). The second kappa shape index (κ2) is 11.8. The SMILES string of the molecule is CCCN(CC(=O)OCC)C(=O)Oc1ccc2c(c1)c(C(=O)CCc1ccc(C#N)cc1)cn2C. The van der Waals surface area contributed by atoms with E-state index >= 15 is 0 Å². The number of aromatic nitrogens is 1. The number of nitriles is 1. The number of rotatable bonds is 10. The summed E-state index contributed by atoms with van der Waals surface area (Å²) in [5.74, 6) is -0.232. The largest absolute Gasteiger partial charge is 0.465 e. The molecule has 0 spiro atoms. The van der Waals surface area contributed by atoms with E-state index in [1.54, 1.807) is 43.5 Å². The van der Waals surface area contributed by atoms with Crippen molar-refractivity contribution < 1.29 is 23.9 Å². The Kier molecular flexibility index (Phi) is 8.63. The van der Waals surface area contributed by atoms with Gasteiger partial charge in [-0.3, -0.25) is 14.5 Å². The molecule has 0 N–H and O–H groups in total. The lowest BCUT2D eigenvalue weighted by Crippen LogP contribution is -2.38. The molecule has 1 heterocycles. The molecule has 0 saturated carbocycles. The summed E-state index contributed by atoms with van der Waals surface area (Å²) in [6.45, 7) is 4.01. The van der Waals surface area contributed by atoms with Crippen LogP contribution < -0.4 is 4.74 Å². The van der Waals surface area contributed by atoms with Gasteiger partial charge >= 0.3 is 12.1 Å². The summed E-state index contributed by atoms with van der Waals surface area (Å²) in [5, 5.41) is 9.62. The molecule has 3 aromatic rings. The van der Waals surface area contributed by atoms with Crippen molar-refractivity contribution in [3.05, 3.63) is 65.4 Å². The van der Waals surface area contributed by atoms with E-state index in [2.05, 4.69) is 6.07 Å². The summed E-state index contributed by atoms with van der Waals surface area (Å²) in [5.41, 5.74) is 2.94. The molecule has 0 atom stereocenters. The van der Waals surface area contributed by atoms with Gasteiger partial charge in [0.25, 0.3) is 0 Å². The van der Waals surface area contributed by atoms with Crippen molar-refractivity contribution in [1.82, 2.24) is 9.47 Å². The van der Waals surface area contributed by atoms with Crippen LogP contribution in [-0.2, 0) is 23.0 Å². The molecule has 0 fully saturated rings. The molecule has 0 aliphatic rings. The van der Waals surface area contributed by atoms with Crippen molar-refractivity contribution in [3.8, 4) is 11.8 Å². The fraction of sp³-hybridized carbons (Fsp3) is 0.333. The second-order valence-corrected chi connectivity index (χ2v) is 8.16. The molecular formula is C27H29N3O5. The zero-order valence-electron chi connectivity index (χ0n) is 20.2. The lowest BCUT2D eigenvalue weighted by Gasteiger charge is -2.20. The first-order valence-electron chi connectivity index (χ1n) is 11.6. The number of esters is 1. The molecular weight excluding hydrogens is 446 g/mol. The summed E-state index contributed by atoms with van der Waals surface area (Å²) in [6.07, 6.45) is 2.64. The molecule has 0 aliphatic heterocycles. The van der Waals surface area contributed by atoms with E-state index in [0.29, 0.717) is 48.1 Å². The summed E-state index contributed by atoms with van der Waals surface area (Å²) < 4.78 is 12.3. The third kappa shape index (κ3) is 6.48. The van der Waals surface area contributed by atoms with Crippen molar-refractivity contribution in [2.45, 2.75) is 33.1 Å². The number of aryl methyl sites for hydroxylation is 2. The highest BCUT2D eigenvalue weighted by molar-refractivity contribution is 6.08. The zero-order valence-corrected chi connectivity index (χ0v) is 20.2. The Bertz CT molecular complexity index is 1250. The zero-order chi connectivity index (χ0) is 25.4. The number of amides is 1. The molecule has 35 heavy (non-hydrogen) atoms. The van der Waals surface area contributed by atoms with Crippen LogP contribution in [0.1, 0.15) is 48.2 Å². The fourth-order valence-corrected chi connectivity index (χ4v) is 3.83. The number of hydrogen-bond acceptors (Lipinski definition) is 6. The Morgan fingerprint density at radius 2 is 1.83 bits per heavy atom. The average Bonchev–Trinajstić information content (AvgIpc) is 3.18. The average molecular weight is 476 g/mol. The molecule has 8 nitrogen and oxygen atoms in total. The second-order valence-electron chi connectivity index (χ2n) is 8.16. The van der Waals surface area contributed by atoms with Gasteiger partial charge in [0.05, 0.1) is 18.2 Å². The van der Waals surface area contributed by atoms with Crippen LogP contribution in [0.3, 0.4) is 0 Å². The van der Waals surface area contributed by atoms with Crippen LogP contribution in [0.2, 0.25) is 0 Å². The van der Waals surface area contributed by atoms with Gasteiger partial charge in [-0.15, -0.1) is 0 Å². The molecule has 0 aliphatic carbocycles. The number of fused-ring (bicyclic) bond motifs is 1. The van der Waals surface area contributed by atoms with Gasteiger partial charge in [0.15, 0.2) is 5.78 Å². The van der Waals surface area contributed by atoms with Crippen LogP contribution in [0, 0.1) is 11.3 Å². The van der Waals surface area contributed by atoms with Crippen molar-refractivity contribution in [3.63, 3.8) is 0 Å². The number of benzene rings is 2. The summed E-state index contributed by atoms with van der Waals surface area (Å²) in [7, 11) is 1.85. The van der Waals surface area contributed by atoms with Crippen LogP contribution in [0.25, 0.3) is 10.9 Å². The topological polar surface area (TPSA) is 102 Å². The lowest BCUT2D eigenvalue weighted by molar-refractivity contribution is -0.143. The molecule has 0 radical (unpaired) electrons. The summed E-state index contributed by atoms with van der Waals surface area (Å²) in [6, 6.07) is 14.4.